The minimum atomic E-state index is -0.120. The summed E-state index contributed by atoms with van der Waals surface area (Å²) in [5.41, 5.74) is 0. The van der Waals surface area contributed by atoms with Gasteiger partial charge in [-0.1, -0.05) is 0 Å². The van der Waals surface area contributed by atoms with E-state index in [1.165, 1.54) is 12.8 Å². The summed E-state index contributed by atoms with van der Waals surface area (Å²) in [5.74, 6) is 1.36. The first-order valence-electron chi connectivity index (χ1n) is 6.89. The van der Waals surface area contributed by atoms with Crippen molar-refractivity contribution in [2.45, 2.75) is 44.6 Å². The summed E-state index contributed by atoms with van der Waals surface area (Å²) in [5, 5.41) is 15.5. The van der Waals surface area contributed by atoms with E-state index in [0.29, 0.717) is 18.3 Å². The number of rotatable bonds is 5. The second-order valence-corrected chi connectivity index (χ2v) is 5.55. The number of amides is 1. The highest BCUT2D eigenvalue weighted by Crippen LogP contribution is 2.26. The number of nitrogens with one attached hydrogen (secondary N) is 2. The molecule has 4 nitrogen and oxygen atoms in total. The molecule has 0 aromatic heterocycles. The molecular formula is C13H24N2O2. The van der Waals surface area contributed by atoms with E-state index >= 15 is 0 Å². The van der Waals surface area contributed by atoms with Gasteiger partial charge in [-0.3, -0.25) is 4.79 Å². The molecule has 3 N–H and O–H groups in total. The summed E-state index contributed by atoms with van der Waals surface area (Å²) in [7, 11) is 0. The molecule has 0 spiro atoms. The zero-order chi connectivity index (χ0) is 12.1. The lowest BCUT2D eigenvalue weighted by Crippen LogP contribution is -2.38. The fraction of sp³-hybridized carbons (Fsp3) is 0.923. The van der Waals surface area contributed by atoms with Crippen molar-refractivity contribution in [3.8, 4) is 0 Å². The standard InChI is InChI=1S/C13H24N2O2/c16-12-6-11(7-12)9-15-13(17)4-3-10-2-1-5-14-8-10/h10-12,14,16H,1-9H2,(H,15,17). The Bertz CT molecular complexity index is 246. The van der Waals surface area contributed by atoms with Crippen LogP contribution in [-0.4, -0.2) is 36.8 Å². The van der Waals surface area contributed by atoms with Crippen molar-refractivity contribution in [2.75, 3.05) is 19.6 Å². The van der Waals surface area contributed by atoms with E-state index in [1.807, 2.05) is 0 Å². The Hall–Kier alpha value is -0.610. The molecule has 1 heterocycles. The second-order valence-electron chi connectivity index (χ2n) is 5.55. The Morgan fingerprint density at radius 1 is 1.35 bits per heavy atom. The second kappa shape index (κ2) is 6.36. The molecule has 4 heteroatoms. The highest BCUT2D eigenvalue weighted by atomic mass is 16.3. The van der Waals surface area contributed by atoms with Gasteiger partial charge in [-0.2, -0.15) is 0 Å². The summed E-state index contributed by atoms with van der Waals surface area (Å²) >= 11 is 0. The number of hydrogen-bond acceptors (Lipinski definition) is 3. The van der Waals surface area contributed by atoms with E-state index in [2.05, 4.69) is 10.6 Å². The van der Waals surface area contributed by atoms with Gasteiger partial charge in [-0.25, -0.2) is 0 Å². The molecule has 1 saturated carbocycles. The zero-order valence-electron chi connectivity index (χ0n) is 10.5. The third-order valence-corrected chi connectivity index (χ3v) is 3.98. The molecule has 2 aliphatic rings. The molecule has 1 amide bonds. The SMILES string of the molecule is O=C(CCC1CCCNC1)NCC1CC(O)C1. The van der Waals surface area contributed by atoms with Crippen LogP contribution in [0.3, 0.4) is 0 Å². The maximum atomic E-state index is 11.6. The first-order chi connectivity index (χ1) is 8.24. The van der Waals surface area contributed by atoms with Gasteiger partial charge in [0.05, 0.1) is 6.10 Å². The quantitative estimate of drug-likeness (QED) is 0.661. The summed E-state index contributed by atoms with van der Waals surface area (Å²) in [6.07, 6.45) is 5.75. The predicted molar refractivity (Wildman–Crippen MR) is 66.6 cm³/mol. The van der Waals surface area contributed by atoms with Gasteiger partial charge in [-0.15, -0.1) is 0 Å². The maximum absolute atomic E-state index is 11.6. The zero-order valence-corrected chi connectivity index (χ0v) is 10.5. The van der Waals surface area contributed by atoms with Crippen LogP contribution in [0.4, 0.5) is 0 Å². The van der Waals surface area contributed by atoms with E-state index in [0.717, 1.165) is 38.9 Å². The highest BCUT2D eigenvalue weighted by molar-refractivity contribution is 5.75. The van der Waals surface area contributed by atoms with Gasteiger partial charge in [-0.05, 0) is 57.0 Å². The minimum Gasteiger partial charge on any atom is -0.393 e. The minimum absolute atomic E-state index is 0.120. The third kappa shape index (κ3) is 4.28. The molecule has 17 heavy (non-hydrogen) atoms. The van der Waals surface area contributed by atoms with E-state index in [4.69, 9.17) is 5.11 Å². The number of aliphatic hydroxyl groups is 1. The Kier molecular flexibility index (Phi) is 4.80. The molecule has 1 aliphatic heterocycles. The summed E-state index contributed by atoms with van der Waals surface area (Å²) < 4.78 is 0. The van der Waals surface area contributed by atoms with Crippen molar-refractivity contribution in [1.82, 2.24) is 10.6 Å². The van der Waals surface area contributed by atoms with Crippen LogP contribution in [0, 0.1) is 11.8 Å². The van der Waals surface area contributed by atoms with Crippen molar-refractivity contribution in [2.24, 2.45) is 11.8 Å². The van der Waals surface area contributed by atoms with Crippen LogP contribution in [-0.2, 0) is 4.79 Å². The first kappa shape index (κ1) is 12.8. The Balaban J connectivity index is 1.51. The molecule has 1 atom stereocenters. The largest absolute Gasteiger partial charge is 0.393 e. The smallest absolute Gasteiger partial charge is 0.220 e. The van der Waals surface area contributed by atoms with Crippen molar-refractivity contribution >= 4 is 5.91 Å². The van der Waals surface area contributed by atoms with Gasteiger partial charge in [0.1, 0.15) is 0 Å². The monoisotopic (exact) mass is 240 g/mol. The Morgan fingerprint density at radius 2 is 2.18 bits per heavy atom. The molecule has 0 bridgehead atoms. The van der Waals surface area contributed by atoms with Crippen LogP contribution < -0.4 is 10.6 Å². The van der Waals surface area contributed by atoms with Crippen LogP contribution in [0.1, 0.15) is 38.5 Å². The summed E-state index contributed by atoms with van der Waals surface area (Å²) in [6.45, 7) is 2.95. The lowest BCUT2D eigenvalue weighted by molar-refractivity contribution is -0.122. The number of carbonyl (C=O) groups excluding carboxylic acids is 1. The van der Waals surface area contributed by atoms with Gasteiger partial charge in [0.25, 0.3) is 0 Å². The molecule has 0 aromatic carbocycles. The molecule has 1 saturated heterocycles. The molecule has 0 radical (unpaired) electrons. The van der Waals surface area contributed by atoms with E-state index < -0.39 is 0 Å². The van der Waals surface area contributed by atoms with Gasteiger partial charge in [0.2, 0.25) is 5.91 Å². The average molecular weight is 240 g/mol. The lowest BCUT2D eigenvalue weighted by atomic mass is 9.82. The van der Waals surface area contributed by atoms with E-state index in [-0.39, 0.29) is 12.0 Å². The van der Waals surface area contributed by atoms with Gasteiger partial charge in [0.15, 0.2) is 0 Å². The molecule has 2 rings (SSSR count). The summed E-state index contributed by atoms with van der Waals surface area (Å²) in [6, 6.07) is 0. The predicted octanol–water partition coefficient (Wildman–Crippen LogP) is 0.653. The van der Waals surface area contributed by atoms with Crippen LogP contribution in [0.25, 0.3) is 0 Å². The van der Waals surface area contributed by atoms with Crippen LogP contribution in [0.15, 0.2) is 0 Å². The maximum Gasteiger partial charge on any atom is 0.220 e. The Morgan fingerprint density at radius 3 is 2.82 bits per heavy atom. The van der Waals surface area contributed by atoms with Crippen molar-refractivity contribution in [3.05, 3.63) is 0 Å². The van der Waals surface area contributed by atoms with Crippen LogP contribution in [0.2, 0.25) is 0 Å². The molecule has 2 fully saturated rings. The third-order valence-electron chi connectivity index (χ3n) is 3.98. The normalized spacial score (nSPS) is 32.9. The molecule has 1 aliphatic carbocycles. The first-order valence-corrected chi connectivity index (χ1v) is 6.89. The number of aliphatic hydroxyl groups excluding tert-OH is 1. The number of hydrogen-bond donors (Lipinski definition) is 3. The topological polar surface area (TPSA) is 61.4 Å². The molecule has 0 aromatic rings. The molecule has 98 valence electrons. The fourth-order valence-electron chi connectivity index (χ4n) is 2.72. The average Bonchev–Trinajstić information content (AvgIpc) is 2.32. The van der Waals surface area contributed by atoms with Crippen LogP contribution >= 0.6 is 0 Å². The molecular weight excluding hydrogens is 216 g/mol. The highest BCUT2D eigenvalue weighted by Gasteiger charge is 2.27. The van der Waals surface area contributed by atoms with Crippen molar-refractivity contribution < 1.29 is 9.90 Å². The van der Waals surface area contributed by atoms with Crippen molar-refractivity contribution in [1.29, 1.82) is 0 Å². The fourth-order valence-corrected chi connectivity index (χ4v) is 2.72. The summed E-state index contributed by atoms with van der Waals surface area (Å²) in [4.78, 5) is 11.6. The van der Waals surface area contributed by atoms with Crippen LogP contribution in [0.5, 0.6) is 0 Å². The number of carbonyl (C=O) groups is 1. The lowest BCUT2D eigenvalue weighted by Gasteiger charge is -2.31. The van der Waals surface area contributed by atoms with Gasteiger partial charge >= 0.3 is 0 Å². The number of piperidine rings is 1. The molecule has 1 unspecified atom stereocenters. The van der Waals surface area contributed by atoms with E-state index in [9.17, 15) is 4.79 Å². The van der Waals surface area contributed by atoms with Crippen molar-refractivity contribution in [3.63, 3.8) is 0 Å². The van der Waals surface area contributed by atoms with Gasteiger partial charge < -0.3 is 15.7 Å². The van der Waals surface area contributed by atoms with E-state index in [1.54, 1.807) is 0 Å². The van der Waals surface area contributed by atoms with Gasteiger partial charge in [0, 0.05) is 13.0 Å². The Labute approximate surface area is 103 Å².